The lowest BCUT2D eigenvalue weighted by atomic mass is 9.93. The molecule has 0 radical (unpaired) electrons. The SMILES string of the molecule is CC1C(Nc2nc(Oc3ccccc3)nc(N3CCN(C)CC3)n2)NNC1c1cccc(C(F)(F)F)c1. The van der Waals surface area contributed by atoms with E-state index in [4.69, 9.17) is 4.74 Å². The Morgan fingerprint density at radius 3 is 2.43 bits per heavy atom. The number of likely N-dealkylation sites (N-methyl/N-ethyl adjacent to an activating group) is 1. The van der Waals surface area contributed by atoms with Gasteiger partial charge in [-0.1, -0.05) is 37.3 Å². The standard InChI is InChI=1S/C25H29F3N8O/c1-16-20(17-7-6-8-18(15-17)25(26,27)28)33-34-21(16)29-22-30-23(36-13-11-35(2)12-14-36)32-24(31-22)37-19-9-4-3-5-10-19/h3-10,15-16,20-21,33-34H,11-14H2,1-2H3,(H,29,30,31,32). The first-order valence-corrected chi connectivity index (χ1v) is 12.1. The van der Waals surface area contributed by atoms with E-state index in [1.54, 1.807) is 6.07 Å². The molecular weight excluding hydrogens is 485 g/mol. The zero-order valence-corrected chi connectivity index (χ0v) is 20.5. The van der Waals surface area contributed by atoms with E-state index < -0.39 is 11.7 Å². The van der Waals surface area contributed by atoms with Crippen LogP contribution in [0.2, 0.25) is 0 Å². The molecule has 3 heterocycles. The number of alkyl halides is 3. The van der Waals surface area contributed by atoms with Gasteiger partial charge >= 0.3 is 12.2 Å². The molecule has 37 heavy (non-hydrogen) atoms. The van der Waals surface area contributed by atoms with Crippen LogP contribution in [0.1, 0.15) is 24.1 Å². The fourth-order valence-corrected chi connectivity index (χ4v) is 4.43. The van der Waals surface area contributed by atoms with Crippen molar-refractivity contribution in [1.29, 1.82) is 0 Å². The third-order valence-corrected chi connectivity index (χ3v) is 6.65. The van der Waals surface area contributed by atoms with Gasteiger partial charge in [-0.15, -0.1) is 0 Å². The Hall–Kier alpha value is -3.48. The number of nitrogens with zero attached hydrogens (tertiary/aromatic N) is 5. The summed E-state index contributed by atoms with van der Waals surface area (Å²) in [6, 6.07) is 14.4. The third-order valence-electron chi connectivity index (χ3n) is 6.65. The van der Waals surface area contributed by atoms with Crippen LogP contribution < -0.4 is 25.8 Å². The minimum Gasteiger partial charge on any atom is -0.424 e. The molecule has 196 valence electrons. The first-order valence-electron chi connectivity index (χ1n) is 12.1. The number of nitrogens with one attached hydrogen (secondary N) is 3. The van der Waals surface area contributed by atoms with Gasteiger partial charge < -0.3 is 19.9 Å². The number of halogens is 3. The highest BCUT2D eigenvalue weighted by atomic mass is 19.4. The van der Waals surface area contributed by atoms with Gasteiger partial charge in [0, 0.05) is 32.1 Å². The summed E-state index contributed by atoms with van der Waals surface area (Å²) in [5, 5.41) is 3.27. The molecule has 12 heteroatoms. The van der Waals surface area contributed by atoms with Gasteiger partial charge in [0.05, 0.1) is 17.8 Å². The summed E-state index contributed by atoms with van der Waals surface area (Å²) in [6.07, 6.45) is -4.75. The van der Waals surface area contributed by atoms with Crippen LogP contribution in [-0.2, 0) is 6.18 Å². The third kappa shape index (κ3) is 5.92. The smallest absolute Gasteiger partial charge is 0.416 e. The van der Waals surface area contributed by atoms with Gasteiger partial charge in [0.25, 0.3) is 0 Å². The highest BCUT2D eigenvalue weighted by Crippen LogP contribution is 2.34. The number of aromatic nitrogens is 3. The number of anilines is 2. The molecule has 5 rings (SSSR count). The van der Waals surface area contributed by atoms with Crippen molar-refractivity contribution in [3.8, 4) is 11.8 Å². The van der Waals surface area contributed by atoms with Crippen molar-refractivity contribution in [2.24, 2.45) is 5.92 Å². The zero-order chi connectivity index (χ0) is 26.0. The maximum atomic E-state index is 13.2. The van der Waals surface area contributed by atoms with E-state index in [9.17, 15) is 13.2 Å². The lowest BCUT2D eigenvalue weighted by Gasteiger charge is -2.32. The van der Waals surface area contributed by atoms with Crippen molar-refractivity contribution in [3.05, 3.63) is 65.7 Å². The van der Waals surface area contributed by atoms with Gasteiger partial charge in [0.1, 0.15) is 5.75 Å². The molecule has 9 nitrogen and oxygen atoms in total. The molecular formula is C25H29F3N8O. The van der Waals surface area contributed by atoms with E-state index >= 15 is 0 Å². The normalized spacial score (nSPS) is 22.7. The van der Waals surface area contributed by atoms with E-state index in [2.05, 4.69) is 48.0 Å². The van der Waals surface area contributed by atoms with Crippen LogP contribution in [0.15, 0.2) is 54.6 Å². The van der Waals surface area contributed by atoms with Gasteiger partial charge in [0.15, 0.2) is 0 Å². The van der Waals surface area contributed by atoms with Crippen molar-refractivity contribution in [1.82, 2.24) is 30.7 Å². The molecule has 3 N–H and O–H groups in total. The molecule has 1 aromatic heterocycles. The monoisotopic (exact) mass is 514 g/mol. The Morgan fingerprint density at radius 2 is 1.70 bits per heavy atom. The van der Waals surface area contributed by atoms with E-state index in [1.807, 2.05) is 37.3 Å². The highest BCUT2D eigenvalue weighted by Gasteiger charge is 2.36. The minimum atomic E-state index is -4.40. The number of hydrazine groups is 1. The first kappa shape index (κ1) is 25.2. The zero-order valence-electron chi connectivity index (χ0n) is 20.5. The lowest BCUT2D eigenvalue weighted by Crippen LogP contribution is -2.45. The lowest BCUT2D eigenvalue weighted by molar-refractivity contribution is -0.137. The molecule has 2 aliphatic rings. The van der Waals surface area contributed by atoms with Gasteiger partial charge in [0.2, 0.25) is 11.9 Å². The van der Waals surface area contributed by atoms with Gasteiger partial charge in [-0.3, -0.25) is 0 Å². The van der Waals surface area contributed by atoms with Crippen LogP contribution in [0.4, 0.5) is 25.1 Å². The molecule has 3 atom stereocenters. The summed E-state index contributed by atoms with van der Waals surface area (Å²) in [4.78, 5) is 18.0. The van der Waals surface area contributed by atoms with E-state index in [1.165, 1.54) is 12.1 Å². The second-order valence-corrected chi connectivity index (χ2v) is 9.32. The average Bonchev–Trinajstić information content (AvgIpc) is 3.24. The quantitative estimate of drug-likeness (QED) is 0.456. The van der Waals surface area contributed by atoms with Gasteiger partial charge in [-0.05, 0) is 36.9 Å². The first-order chi connectivity index (χ1) is 17.8. The molecule has 2 aromatic carbocycles. The maximum absolute atomic E-state index is 13.2. The number of para-hydroxylation sites is 1. The molecule has 0 spiro atoms. The minimum absolute atomic E-state index is 0.133. The fourth-order valence-electron chi connectivity index (χ4n) is 4.43. The number of rotatable bonds is 6. The van der Waals surface area contributed by atoms with Gasteiger partial charge in [-0.2, -0.15) is 28.1 Å². The Balaban J connectivity index is 1.37. The summed E-state index contributed by atoms with van der Waals surface area (Å²) >= 11 is 0. The maximum Gasteiger partial charge on any atom is 0.416 e. The number of hydrogen-bond acceptors (Lipinski definition) is 9. The predicted molar refractivity (Wildman–Crippen MR) is 133 cm³/mol. The molecule has 2 fully saturated rings. The summed E-state index contributed by atoms with van der Waals surface area (Å²) in [7, 11) is 2.07. The number of hydrogen-bond donors (Lipinski definition) is 3. The van der Waals surface area contributed by atoms with Crippen LogP contribution in [-0.4, -0.2) is 59.2 Å². The van der Waals surface area contributed by atoms with Crippen LogP contribution in [0.3, 0.4) is 0 Å². The molecule has 0 amide bonds. The molecule has 2 saturated heterocycles. The molecule has 0 saturated carbocycles. The molecule has 3 aromatic rings. The largest absolute Gasteiger partial charge is 0.424 e. The van der Waals surface area contributed by atoms with Crippen LogP contribution in [0.5, 0.6) is 11.8 Å². The Kier molecular flexibility index (Phi) is 7.13. The van der Waals surface area contributed by atoms with Gasteiger partial charge in [-0.25, -0.2) is 10.9 Å². The van der Waals surface area contributed by atoms with Crippen molar-refractivity contribution < 1.29 is 17.9 Å². The molecule has 0 bridgehead atoms. The second kappa shape index (κ2) is 10.5. The van der Waals surface area contributed by atoms with Crippen LogP contribution in [0.25, 0.3) is 0 Å². The summed E-state index contributed by atoms with van der Waals surface area (Å²) in [5.41, 5.74) is 6.11. The van der Waals surface area contributed by atoms with E-state index in [0.717, 1.165) is 32.2 Å². The summed E-state index contributed by atoms with van der Waals surface area (Å²) in [6.45, 7) is 5.24. The Labute approximate surface area is 213 Å². The number of ether oxygens (including phenoxy) is 1. The predicted octanol–water partition coefficient (Wildman–Crippen LogP) is 3.66. The van der Waals surface area contributed by atoms with Crippen molar-refractivity contribution in [2.75, 3.05) is 43.4 Å². The molecule has 3 unspecified atom stereocenters. The summed E-state index contributed by atoms with van der Waals surface area (Å²) in [5.74, 6) is 1.28. The number of benzene rings is 2. The van der Waals surface area contributed by atoms with Crippen molar-refractivity contribution in [2.45, 2.75) is 25.3 Å². The Bertz CT molecular complexity index is 1200. The second-order valence-electron chi connectivity index (χ2n) is 9.32. The summed E-state index contributed by atoms with van der Waals surface area (Å²) < 4.78 is 45.6. The molecule has 2 aliphatic heterocycles. The fraction of sp³-hybridized carbons (Fsp3) is 0.400. The van der Waals surface area contributed by atoms with Crippen LogP contribution >= 0.6 is 0 Å². The number of piperazine rings is 1. The van der Waals surface area contributed by atoms with Crippen molar-refractivity contribution >= 4 is 11.9 Å². The van der Waals surface area contributed by atoms with E-state index in [0.29, 0.717) is 23.2 Å². The molecule has 0 aliphatic carbocycles. The van der Waals surface area contributed by atoms with Crippen molar-refractivity contribution in [3.63, 3.8) is 0 Å². The highest BCUT2D eigenvalue weighted by molar-refractivity contribution is 5.41. The van der Waals surface area contributed by atoms with E-state index in [-0.39, 0.29) is 24.1 Å². The Morgan fingerprint density at radius 1 is 0.946 bits per heavy atom. The average molecular weight is 515 g/mol. The topological polar surface area (TPSA) is 90.5 Å². The van der Waals surface area contributed by atoms with Crippen LogP contribution in [0, 0.1) is 5.92 Å².